The third kappa shape index (κ3) is 4.05. The minimum atomic E-state index is -3.80. The molecule has 8 heteroatoms. The lowest BCUT2D eigenvalue weighted by molar-refractivity contribution is 0.577. The molecule has 0 saturated heterocycles. The Morgan fingerprint density at radius 3 is 2.00 bits per heavy atom. The standard InChI is InChI=1S/C10H16N2O4S2/c1-2-3-8-12-18(15,16)10-6-4-9(5-7-10)17(11,13)14/h4-7,12H,2-3,8H2,1H3,(H2,11,13,14). The Morgan fingerprint density at radius 1 is 1.06 bits per heavy atom. The van der Waals surface area contributed by atoms with Gasteiger partial charge in [-0.1, -0.05) is 13.3 Å². The molecule has 0 spiro atoms. The Bertz CT molecular complexity index is 591. The van der Waals surface area contributed by atoms with Crippen LogP contribution in [-0.4, -0.2) is 23.4 Å². The van der Waals surface area contributed by atoms with Gasteiger partial charge in [-0.2, -0.15) is 0 Å². The van der Waals surface area contributed by atoms with Gasteiger partial charge in [-0.15, -0.1) is 0 Å². The Labute approximate surface area is 107 Å². The summed E-state index contributed by atoms with van der Waals surface area (Å²) < 4.78 is 48.0. The number of rotatable bonds is 6. The zero-order valence-electron chi connectivity index (χ0n) is 9.96. The predicted octanol–water partition coefficient (Wildman–Crippen LogP) is 0.412. The van der Waals surface area contributed by atoms with E-state index in [1.807, 2.05) is 6.92 Å². The summed E-state index contributed by atoms with van der Waals surface area (Å²) in [4.78, 5) is -0.0963. The van der Waals surface area contributed by atoms with Crippen molar-refractivity contribution < 1.29 is 16.8 Å². The maximum absolute atomic E-state index is 11.8. The number of nitrogens with two attached hydrogens (primary N) is 1. The first-order valence-electron chi connectivity index (χ1n) is 5.40. The van der Waals surface area contributed by atoms with Crippen LogP contribution in [0.3, 0.4) is 0 Å². The van der Waals surface area contributed by atoms with E-state index < -0.39 is 20.0 Å². The molecule has 0 unspecified atom stereocenters. The number of nitrogens with one attached hydrogen (secondary N) is 1. The molecule has 0 radical (unpaired) electrons. The molecule has 0 aliphatic carbocycles. The third-order valence-corrected chi connectivity index (χ3v) is 4.69. The van der Waals surface area contributed by atoms with Crippen LogP contribution in [0.1, 0.15) is 19.8 Å². The molecule has 1 aromatic rings. The summed E-state index contributed by atoms with van der Waals surface area (Å²) in [6, 6.07) is 4.77. The van der Waals surface area contributed by atoms with Crippen LogP contribution in [0, 0.1) is 0 Å². The highest BCUT2D eigenvalue weighted by Gasteiger charge is 2.14. The smallest absolute Gasteiger partial charge is 0.225 e. The number of benzene rings is 1. The molecule has 18 heavy (non-hydrogen) atoms. The molecule has 3 N–H and O–H groups in total. The van der Waals surface area contributed by atoms with Gasteiger partial charge in [0.2, 0.25) is 20.0 Å². The van der Waals surface area contributed by atoms with E-state index in [2.05, 4.69) is 4.72 Å². The van der Waals surface area contributed by atoms with Crippen molar-refractivity contribution in [2.75, 3.05) is 6.54 Å². The van der Waals surface area contributed by atoms with E-state index in [4.69, 9.17) is 5.14 Å². The minimum absolute atomic E-state index is 0.0194. The molecule has 0 atom stereocenters. The van der Waals surface area contributed by atoms with Crippen LogP contribution >= 0.6 is 0 Å². The van der Waals surface area contributed by atoms with Crippen LogP contribution in [-0.2, 0) is 20.0 Å². The molecule has 0 fully saturated rings. The summed E-state index contributed by atoms with van der Waals surface area (Å²) in [6.45, 7) is 2.31. The van der Waals surface area contributed by atoms with Gasteiger partial charge in [0.15, 0.2) is 0 Å². The van der Waals surface area contributed by atoms with Crippen LogP contribution < -0.4 is 9.86 Å². The van der Waals surface area contributed by atoms with Crippen molar-refractivity contribution in [2.45, 2.75) is 29.6 Å². The van der Waals surface area contributed by atoms with Gasteiger partial charge in [0.25, 0.3) is 0 Å². The molecule has 0 bridgehead atoms. The molecule has 0 heterocycles. The monoisotopic (exact) mass is 292 g/mol. The number of hydrogen-bond donors (Lipinski definition) is 2. The van der Waals surface area contributed by atoms with Gasteiger partial charge in [-0.3, -0.25) is 0 Å². The SMILES string of the molecule is CCCCNS(=O)(=O)c1ccc(S(N)(=O)=O)cc1. The second-order valence-corrected chi connectivity index (χ2v) is 7.10. The van der Waals surface area contributed by atoms with E-state index in [-0.39, 0.29) is 9.79 Å². The second-order valence-electron chi connectivity index (χ2n) is 3.77. The van der Waals surface area contributed by atoms with Crippen LogP contribution in [0.2, 0.25) is 0 Å². The summed E-state index contributed by atoms with van der Waals surface area (Å²) in [5.41, 5.74) is 0. The van der Waals surface area contributed by atoms with Gasteiger partial charge in [0.05, 0.1) is 9.79 Å². The van der Waals surface area contributed by atoms with Crippen molar-refractivity contribution in [2.24, 2.45) is 5.14 Å². The number of primary sulfonamides is 1. The first kappa shape index (κ1) is 15.1. The van der Waals surface area contributed by atoms with E-state index in [0.717, 1.165) is 12.8 Å². The molecule has 6 nitrogen and oxygen atoms in total. The Morgan fingerprint density at radius 2 is 1.56 bits per heavy atom. The third-order valence-electron chi connectivity index (χ3n) is 2.28. The van der Waals surface area contributed by atoms with Gasteiger partial charge in [-0.25, -0.2) is 26.7 Å². The molecule has 0 aliphatic rings. The maximum atomic E-state index is 11.8. The molecule has 1 rings (SSSR count). The van der Waals surface area contributed by atoms with Crippen LogP contribution in [0.5, 0.6) is 0 Å². The summed E-state index contributed by atoms with van der Waals surface area (Å²) in [5.74, 6) is 0. The normalized spacial score (nSPS) is 12.6. The molecule has 0 saturated carbocycles. The fourth-order valence-corrected chi connectivity index (χ4v) is 2.86. The van der Waals surface area contributed by atoms with Crippen LogP contribution in [0.25, 0.3) is 0 Å². The highest BCUT2D eigenvalue weighted by Crippen LogP contribution is 2.13. The molecule has 1 aromatic carbocycles. The Balaban J connectivity index is 2.91. The highest BCUT2D eigenvalue weighted by atomic mass is 32.2. The first-order valence-corrected chi connectivity index (χ1v) is 8.43. The van der Waals surface area contributed by atoms with Crippen molar-refractivity contribution in [3.05, 3.63) is 24.3 Å². The van der Waals surface area contributed by atoms with Crippen LogP contribution in [0.4, 0.5) is 0 Å². The number of sulfonamides is 2. The molecular formula is C10H16N2O4S2. The van der Waals surface area contributed by atoms with Crippen molar-refractivity contribution in [1.82, 2.24) is 4.72 Å². The molecule has 102 valence electrons. The Kier molecular flexibility index (Phi) is 4.85. The zero-order valence-corrected chi connectivity index (χ0v) is 11.6. The summed E-state index contributed by atoms with van der Waals surface area (Å²) >= 11 is 0. The quantitative estimate of drug-likeness (QED) is 0.741. The van der Waals surface area contributed by atoms with E-state index in [1.165, 1.54) is 24.3 Å². The van der Waals surface area contributed by atoms with Crippen molar-refractivity contribution in [3.8, 4) is 0 Å². The Hall–Kier alpha value is -0.960. The maximum Gasteiger partial charge on any atom is 0.240 e. The van der Waals surface area contributed by atoms with Crippen molar-refractivity contribution in [3.63, 3.8) is 0 Å². The van der Waals surface area contributed by atoms with Crippen molar-refractivity contribution >= 4 is 20.0 Å². The topological polar surface area (TPSA) is 106 Å². The fraction of sp³-hybridized carbons (Fsp3) is 0.400. The summed E-state index contributed by atoms with van der Waals surface area (Å²) in [5, 5.41) is 4.92. The fourth-order valence-electron chi connectivity index (χ4n) is 1.28. The number of hydrogen-bond acceptors (Lipinski definition) is 4. The lowest BCUT2D eigenvalue weighted by Crippen LogP contribution is -2.24. The van der Waals surface area contributed by atoms with Gasteiger partial charge in [0.1, 0.15) is 0 Å². The van der Waals surface area contributed by atoms with Crippen LogP contribution in [0.15, 0.2) is 34.1 Å². The van der Waals surface area contributed by atoms with Gasteiger partial charge in [-0.05, 0) is 30.7 Å². The number of unbranched alkanes of at least 4 members (excludes halogenated alkanes) is 1. The summed E-state index contributed by atoms with van der Waals surface area (Å²) in [7, 11) is -7.38. The van der Waals surface area contributed by atoms with Gasteiger partial charge in [0, 0.05) is 6.54 Å². The van der Waals surface area contributed by atoms with Gasteiger partial charge >= 0.3 is 0 Å². The minimum Gasteiger partial charge on any atom is -0.225 e. The average Bonchev–Trinajstić information content (AvgIpc) is 2.28. The zero-order chi connectivity index (χ0) is 13.8. The van der Waals surface area contributed by atoms with E-state index in [9.17, 15) is 16.8 Å². The summed E-state index contributed by atoms with van der Waals surface area (Å²) in [6.07, 6.45) is 1.63. The molecule has 0 aliphatic heterocycles. The van der Waals surface area contributed by atoms with Gasteiger partial charge < -0.3 is 0 Å². The van der Waals surface area contributed by atoms with E-state index in [0.29, 0.717) is 6.54 Å². The highest BCUT2D eigenvalue weighted by molar-refractivity contribution is 7.89. The lowest BCUT2D eigenvalue weighted by Gasteiger charge is -2.06. The van der Waals surface area contributed by atoms with E-state index in [1.54, 1.807) is 0 Å². The van der Waals surface area contributed by atoms with E-state index >= 15 is 0 Å². The lowest BCUT2D eigenvalue weighted by atomic mass is 10.3. The predicted molar refractivity (Wildman–Crippen MR) is 67.9 cm³/mol. The van der Waals surface area contributed by atoms with Crippen molar-refractivity contribution in [1.29, 1.82) is 0 Å². The molecular weight excluding hydrogens is 276 g/mol. The molecule has 0 amide bonds. The average molecular weight is 292 g/mol. The largest absolute Gasteiger partial charge is 0.240 e. The molecule has 0 aromatic heterocycles. The second kappa shape index (κ2) is 5.79. The first-order chi connectivity index (χ1) is 8.27.